The highest BCUT2D eigenvalue weighted by Crippen LogP contribution is 2.21. The predicted molar refractivity (Wildman–Crippen MR) is 85.0 cm³/mol. The van der Waals surface area contributed by atoms with Gasteiger partial charge < -0.3 is 14.6 Å². The van der Waals surface area contributed by atoms with Crippen molar-refractivity contribution < 1.29 is 4.74 Å². The van der Waals surface area contributed by atoms with E-state index in [4.69, 9.17) is 4.74 Å². The minimum atomic E-state index is 0.130. The van der Waals surface area contributed by atoms with E-state index in [0.717, 1.165) is 26.3 Å². The van der Waals surface area contributed by atoms with Gasteiger partial charge in [0.05, 0.1) is 12.1 Å². The standard InChI is InChI=1S/C17H26N2O/c1-5-20-12-11-19-10-9-14-7-6-8-15(16(14)19)13-18-17(2,3)4/h6-10,18H,5,11-13H2,1-4H3. The van der Waals surface area contributed by atoms with Crippen LogP contribution in [0.3, 0.4) is 0 Å². The molecule has 0 aliphatic rings. The summed E-state index contributed by atoms with van der Waals surface area (Å²) in [5.41, 5.74) is 2.80. The molecule has 0 amide bonds. The maximum atomic E-state index is 5.47. The van der Waals surface area contributed by atoms with Crippen molar-refractivity contribution in [3.05, 3.63) is 36.0 Å². The molecule has 110 valence electrons. The third kappa shape index (κ3) is 3.84. The van der Waals surface area contributed by atoms with Gasteiger partial charge in [-0.2, -0.15) is 0 Å². The number of ether oxygens (including phenoxy) is 1. The van der Waals surface area contributed by atoms with Crippen LogP contribution in [0.1, 0.15) is 33.3 Å². The number of hydrogen-bond acceptors (Lipinski definition) is 2. The normalized spacial score (nSPS) is 12.2. The summed E-state index contributed by atoms with van der Waals surface area (Å²) in [5.74, 6) is 0. The van der Waals surface area contributed by atoms with Crippen LogP contribution in [0, 0.1) is 0 Å². The van der Waals surface area contributed by atoms with Gasteiger partial charge in [-0.15, -0.1) is 0 Å². The van der Waals surface area contributed by atoms with Crippen LogP contribution in [-0.4, -0.2) is 23.3 Å². The van der Waals surface area contributed by atoms with Crippen molar-refractivity contribution in [1.29, 1.82) is 0 Å². The van der Waals surface area contributed by atoms with Crippen LogP contribution in [0.25, 0.3) is 10.9 Å². The summed E-state index contributed by atoms with van der Waals surface area (Å²) in [6, 6.07) is 8.70. The Labute approximate surface area is 121 Å². The molecule has 3 heteroatoms. The van der Waals surface area contributed by atoms with Crippen molar-refractivity contribution >= 4 is 10.9 Å². The Balaban J connectivity index is 2.22. The van der Waals surface area contributed by atoms with Crippen LogP contribution in [0.4, 0.5) is 0 Å². The molecule has 2 aromatic rings. The molecule has 0 aliphatic heterocycles. The second-order valence-corrected chi connectivity index (χ2v) is 6.16. The Hall–Kier alpha value is -1.32. The van der Waals surface area contributed by atoms with E-state index in [-0.39, 0.29) is 5.54 Å². The van der Waals surface area contributed by atoms with Gasteiger partial charge in [0.2, 0.25) is 0 Å². The van der Waals surface area contributed by atoms with E-state index in [1.807, 2.05) is 6.92 Å². The minimum Gasteiger partial charge on any atom is -0.380 e. The largest absolute Gasteiger partial charge is 0.380 e. The Bertz CT molecular complexity index is 552. The highest BCUT2D eigenvalue weighted by atomic mass is 16.5. The van der Waals surface area contributed by atoms with E-state index < -0.39 is 0 Å². The maximum Gasteiger partial charge on any atom is 0.0645 e. The smallest absolute Gasteiger partial charge is 0.0645 e. The van der Waals surface area contributed by atoms with Gasteiger partial charge in [-0.3, -0.25) is 0 Å². The Morgan fingerprint density at radius 1 is 1.20 bits per heavy atom. The molecule has 2 rings (SSSR count). The van der Waals surface area contributed by atoms with Crippen molar-refractivity contribution in [2.45, 2.75) is 46.3 Å². The lowest BCUT2D eigenvalue weighted by Gasteiger charge is -2.21. The van der Waals surface area contributed by atoms with Crippen molar-refractivity contribution in [2.75, 3.05) is 13.2 Å². The molecule has 3 nitrogen and oxygen atoms in total. The van der Waals surface area contributed by atoms with Gasteiger partial charge in [0.15, 0.2) is 0 Å². The summed E-state index contributed by atoms with van der Waals surface area (Å²) in [6.45, 7) is 12.0. The summed E-state index contributed by atoms with van der Waals surface area (Å²) in [5, 5.41) is 4.87. The van der Waals surface area contributed by atoms with Crippen LogP contribution in [0.5, 0.6) is 0 Å². The SMILES string of the molecule is CCOCCn1ccc2cccc(CNC(C)(C)C)c21. The quantitative estimate of drug-likeness (QED) is 0.815. The van der Waals surface area contributed by atoms with Crippen molar-refractivity contribution in [3.8, 4) is 0 Å². The molecule has 0 atom stereocenters. The molecule has 0 radical (unpaired) electrons. The van der Waals surface area contributed by atoms with Gasteiger partial charge in [-0.1, -0.05) is 18.2 Å². The first kappa shape index (κ1) is 15.1. The Morgan fingerprint density at radius 3 is 2.70 bits per heavy atom. The third-order valence-electron chi connectivity index (χ3n) is 3.36. The van der Waals surface area contributed by atoms with E-state index in [9.17, 15) is 0 Å². The third-order valence-corrected chi connectivity index (χ3v) is 3.36. The number of para-hydroxylation sites is 1. The number of fused-ring (bicyclic) bond motifs is 1. The zero-order valence-electron chi connectivity index (χ0n) is 13.1. The molecule has 0 saturated heterocycles. The lowest BCUT2D eigenvalue weighted by Crippen LogP contribution is -2.35. The number of rotatable bonds is 6. The number of nitrogens with one attached hydrogen (secondary N) is 1. The monoisotopic (exact) mass is 274 g/mol. The molecule has 1 N–H and O–H groups in total. The van der Waals surface area contributed by atoms with E-state index in [1.54, 1.807) is 0 Å². The summed E-state index contributed by atoms with van der Waals surface area (Å²) >= 11 is 0. The van der Waals surface area contributed by atoms with Crippen molar-refractivity contribution in [1.82, 2.24) is 9.88 Å². The molecule has 0 saturated carbocycles. The Kier molecular flexibility index (Phi) is 4.84. The highest BCUT2D eigenvalue weighted by Gasteiger charge is 2.11. The second-order valence-electron chi connectivity index (χ2n) is 6.16. The predicted octanol–water partition coefficient (Wildman–Crippen LogP) is 3.57. The first-order chi connectivity index (χ1) is 9.51. The average Bonchev–Trinajstić information content (AvgIpc) is 2.80. The van der Waals surface area contributed by atoms with Crippen LogP contribution < -0.4 is 5.32 Å². The van der Waals surface area contributed by atoms with Crippen LogP contribution >= 0.6 is 0 Å². The van der Waals surface area contributed by atoms with Crippen LogP contribution in [-0.2, 0) is 17.8 Å². The highest BCUT2D eigenvalue weighted by molar-refractivity contribution is 5.83. The lowest BCUT2D eigenvalue weighted by molar-refractivity contribution is 0.140. The van der Waals surface area contributed by atoms with Crippen molar-refractivity contribution in [2.24, 2.45) is 0 Å². The molecule has 1 aromatic heterocycles. The zero-order valence-corrected chi connectivity index (χ0v) is 13.1. The number of aromatic nitrogens is 1. The maximum absolute atomic E-state index is 5.47. The molecule has 0 unspecified atom stereocenters. The molecule has 0 spiro atoms. The molecule has 20 heavy (non-hydrogen) atoms. The summed E-state index contributed by atoms with van der Waals surface area (Å²) in [7, 11) is 0. The number of nitrogens with zero attached hydrogens (tertiary/aromatic N) is 1. The first-order valence-electron chi connectivity index (χ1n) is 7.41. The second kappa shape index (κ2) is 6.42. The molecular formula is C17H26N2O. The van der Waals surface area contributed by atoms with E-state index in [2.05, 4.69) is 61.1 Å². The topological polar surface area (TPSA) is 26.2 Å². The molecular weight excluding hydrogens is 248 g/mol. The molecule has 0 aliphatic carbocycles. The summed E-state index contributed by atoms with van der Waals surface area (Å²) in [4.78, 5) is 0. The van der Waals surface area contributed by atoms with Gasteiger partial charge in [-0.25, -0.2) is 0 Å². The molecule has 0 bridgehead atoms. The van der Waals surface area contributed by atoms with Gasteiger partial charge in [0.25, 0.3) is 0 Å². The summed E-state index contributed by atoms with van der Waals surface area (Å²) in [6.07, 6.45) is 2.16. The van der Waals surface area contributed by atoms with E-state index >= 15 is 0 Å². The fourth-order valence-electron chi connectivity index (χ4n) is 2.34. The Morgan fingerprint density at radius 2 is 2.00 bits per heavy atom. The fourth-order valence-corrected chi connectivity index (χ4v) is 2.34. The summed E-state index contributed by atoms with van der Waals surface area (Å²) < 4.78 is 7.77. The number of benzene rings is 1. The minimum absolute atomic E-state index is 0.130. The van der Waals surface area contributed by atoms with Crippen molar-refractivity contribution in [3.63, 3.8) is 0 Å². The van der Waals surface area contributed by atoms with E-state index in [0.29, 0.717) is 0 Å². The van der Waals surface area contributed by atoms with Gasteiger partial charge in [0, 0.05) is 31.4 Å². The first-order valence-corrected chi connectivity index (χ1v) is 7.41. The lowest BCUT2D eigenvalue weighted by atomic mass is 10.1. The van der Waals surface area contributed by atoms with Gasteiger partial charge in [-0.05, 0) is 44.7 Å². The molecule has 1 aromatic carbocycles. The van der Waals surface area contributed by atoms with Crippen LogP contribution in [0.2, 0.25) is 0 Å². The average molecular weight is 274 g/mol. The van der Waals surface area contributed by atoms with Gasteiger partial charge >= 0.3 is 0 Å². The molecule has 0 fully saturated rings. The van der Waals surface area contributed by atoms with Gasteiger partial charge in [0.1, 0.15) is 0 Å². The van der Waals surface area contributed by atoms with E-state index in [1.165, 1.54) is 16.5 Å². The number of hydrogen-bond donors (Lipinski definition) is 1. The molecule has 1 heterocycles. The fraction of sp³-hybridized carbons (Fsp3) is 0.529. The van der Waals surface area contributed by atoms with Crippen LogP contribution in [0.15, 0.2) is 30.5 Å². The zero-order chi connectivity index (χ0) is 14.6.